The number of rotatable bonds is 10. The highest BCUT2D eigenvalue weighted by Crippen LogP contribution is 2.09. The topological polar surface area (TPSA) is 84.5 Å². The van der Waals surface area contributed by atoms with Crippen LogP contribution in [0.25, 0.3) is 0 Å². The molecule has 0 aromatic heterocycles. The van der Waals surface area contributed by atoms with Gasteiger partial charge in [0.2, 0.25) is 15.9 Å². The van der Waals surface area contributed by atoms with Crippen LogP contribution in [0.2, 0.25) is 0 Å². The summed E-state index contributed by atoms with van der Waals surface area (Å²) in [5.41, 5.74) is 0. The first-order valence-electron chi connectivity index (χ1n) is 7.38. The molecule has 130 valence electrons. The Morgan fingerprint density at radius 2 is 1.96 bits per heavy atom. The van der Waals surface area contributed by atoms with Gasteiger partial charge in [0.25, 0.3) is 0 Å². The Bertz CT molecular complexity index is 590. The van der Waals surface area contributed by atoms with Crippen molar-refractivity contribution in [3.05, 3.63) is 30.1 Å². The summed E-state index contributed by atoms with van der Waals surface area (Å²) in [5, 5.41) is 2.81. The Morgan fingerprint density at radius 1 is 1.30 bits per heavy atom. The van der Waals surface area contributed by atoms with Crippen molar-refractivity contribution in [2.75, 3.05) is 20.3 Å². The lowest BCUT2D eigenvalue weighted by molar-refractivity contribution is -0.121. The van der Waals surface area contributed by atoms with Crippen molar-refractivity contribution in [2.24, 2.45) is 0 Å². The Hall–Kier alpha value is -1.51. The van der Waals surface area contributed by atoms with Gasteiger partial charge in [0, 0.05) is 32.7 Å². The zero-order chi connectivity index (χ0) is 17.3. The number of methoxy groups -OCH3 is 1. The highest BCUT2D eigenvalue weighted by atomic mass is 32.2. The van der Waals surface area contributed by atoms with Crippen LogP contribution in [-0.2, 0) is 19.6 Å². The molecule has 0 heterocycles. The fourth-order valence-corrected chi connectivity index (χ4v) is 2.94. The first-order valence-corrected chi connectivity index (χ1v) is 8.87. The minimum Gasteiger partial charge on any atom is -0.385 e. The highest BCUT2D eigenvalue weighted by molar-refractivity contribution is 7.89. The van der Waals surface area contributed by atoms with E-state index >= 15 is 0 Å². The summed E-state index contributed by atoms with van der Waals surface area (Å²) in [5.74, 6) is -0.627. The summed E-state index contributed by atoms with van der Waals surface area (Å²) >= 11 is 0. The van der Waals surface area contributed by atoms with Gasteiger partial charge in [0.15, 0.2) is 0 Å². The van der Waals surface area contributed by atoms with Crippen molar-refractivity contribution in [3.8, 4) is 0 Å². The average Bonchev–Trinajstić information content (AvgIpc) is 2.50. The van der Waals surface area contributed by atoms with Gasteiger partial charge in [-0.3, -0.25) is 4.79 Å². The molecule has 0 bridgehead atoms. The summed E-state index contributed by atoms with van der Waals surface area (Å²) in [4.78, 5) is 11.7. The van der Waals surface area contributed by atoms with Crippen LogP contribution in [0, 0.1) is 5.82 Å². The predicted octanol–water partition coefficient (Wildman–Crippen LogP) is 1.43. The molecule has 1 aromatic rings. The average molecular weight is 346 g/mol. The van der Waals surface area contributed by atoms with Crippen molar-refractivity contribution < 1.29 is 22.3 Å². The molecule has 0 fully saturated rings. The minimum atomic E-state index is -3.67. The third-order valence-electron chi connectivity index (χ3n) is 3.16. The van der Waals surface area contributed by atoms with Gasteiger partial charge in [-0.2, -0.15) is 0 Å². The largest absolute Gasteiger partial charge is 0.385 e. The zero-order valence-electron chi connectivity index (χ0n) is 13.3. The van der Waals surface area contributed by atoms with Gasteiger partial charge in [-0.1, -0.05) is 0 Å². The van der Waals surface area contributed by atoms with Crippen molar-refractivity contribution in [1.82, 2.24) is 10.0 Å². The van der Waals surface area contributed by atoms with Crippen molar-refractivity contribution in [1.29, 1.82) is 0 Å². The number of carbonyl (C=O) groups is 1. The fraction of sp³-hybridized carbons (Fsp3) is 0.533. The Morgan fingerprint density at radius 3 is 2.57 bits per heavy atom. The summed E-state index contributed by atoms with van der Waals surface area (Å²) in [7, 11) is -2.08. The molecule has 0 aliphatic carbocycles. The fourth-order valence-electron chi connectivity index (χ4n) is 1.87. The van der Waals surface area contributed by atoms with Crippen LogP contribution in [0.3, 0.4) is 0 Å². The Balaban J connectivity index is 2.31. The van der Waals surface area contributed by atoms with Crippen LogP contribution >= 0.6 is 0 Å². The Kier molecular flexibility index (Phi) is 8.15. The second-order valence-corrected chi connectivity index (χ2v) is 6.97. The van der Waals surface area contributed by atoms with E-state index in [0.717, 1.165) is 18.6 Å². The van der Waals surface area contributed by atoms with Crippen LogP contribution in [-0.4, -0.2) is 40.6 Å². The molecule has 6 nitrogen and oxygen atoms in total. The normalized spacial score (nSPS) is 12.8. The quantitative estimate of drug-likeness (QED) is 0.628. The molecule has 1 aromatic carbocycles. The van der Waals surface area contributed by atoms with Crippen molar-refractivity contribution in [2.45, 2.75) is 37.1 Å². The molecule has 2 N–H and O–H groups in total. The summed E-state index contributed by atoms with van der Waals surface area (Å²) in [6.07, 6.45) is 1.33. The second kappa shape index (κ2) is 9.59. The smallest absolute Gasteiger partial charge is 0.240 e. The molecule has 8 heteroatoms. The Labute approximate surface area is 136 Å². The molecule has 1 rings (SSSR count). The minimum absolute atomic E-state index is 0.00320. The maximum Gasteiger partial charge on any atom is 0.240 e. The second-order valence-electron chi connectivity index (χ2n) is 5.21. The molecule has 0 saturated carbocycles. The molecule has 1 atom stereocenters. The van der Waals surface area contributed by atoms with Gasteiger partial charge in [-0.15, -0.1) is 0 Å². The number of nitrogens with one attached hydrogen (secondary N) is 2. The van der Waals surface area contributed by atoms with E-state index in [9.17, 15) is 17.6 Å². The number of sulfonamides is 1. The molecule has 0 spiro atoms. The molecule has 0 radical (unpaired) electrons. The van der Waals surface area contributed by atoms with Crippen LogP contribution in [0.4, 0.5) is 4.39 Å². The first-order chi connectivity index (χ1) is 10.8. The van der Waals surface area contributed by atoms with Crippen molar-refractivity contribution in [3.63, 3.8) is 0 Å². The summed E-state index contributed by atoms with van der Waals surface area (Å²) in [6.45, 7) is 2.59. The third kappa shape index (κ3) is 7.54. The maximum absolute atomic E-state index is 12.8. The number of hydrogen-bond donors (Lipinski definition) is 2. The third-order valence-corrected chi connectivity index (χ3v) is 4.64. The van der Waals surface area contributed by atoms with E-state index in [1.807, 2.05) is 6.92 Å². The first kappa shape index (κ1) is 19.5. The van der Waals surface area contributed by atoms with E-state index < -0.39 is 15.8 Å². The van der Waals surface area contributed by atoms with Gasteiger partial charge in [-0.05, 0) is 44.0 Å². The van der Waals surface area contributed by atoms with Crippen LogP contribution in [0.5, 0.6) is 0 Å². The van der Waals surface area contributed by atoms with E-state index in [1.165, 1.54) is 12.1 Å². The molecule has 0 saturated heterocycles. The number of ether oxygens (including phenoxy) is 1. The van der Waals surface area contributed by atoms with E-state index in [1.54, 1.807) is 7.11 Å². The predicted molar refractivity (Wildman–Crippen MR) is 84.9 cm³/mol. The molecule has 1 amide bonds. The molecule has 0 aliphatic rings. The van der Waals surface area contributed by atoms with E-state index in [-0.39, 0.29) is 29.8 Å². The van der Waals surface area contributed by atoms with Crippen molar-refractivity contribution >= 4 is 15.9 Å². The van der Waals surface area contributed by atoms with Gasteiger partial charge in [-0.25, -0.2) is 17.5 Å². The molecule has 0 aliphatic heterocycles. The summed E-state index contributed by atoms with van der Waals surface area (Å²) < 4.78 is 44.0. The number of halogens is 1. The monoisotopic (exact) mass is 346 g/mol. The standard InChI is InChI=1S/C15H23FN2O4S/c1-12(9-11-22-2)18-15(19)4-3-10-17-23(20,21)14-7-5-13(16)6-8-14/h5-8,12,17H,3-4,9-11H2,1-2H3,(H,18,19)/t12-/m0/s1. The van der Waals surface area contributed by atoms with E-state index in [4.69, 9.17) is 4.74 Å². The highest BCUT2D eigenvalue weighted by Gasteiger charge is 2.13. The number of benzene rings is 1. The van der Waals surface area contributed by atoms with Crippen LogP contribution in [0.1, 0.15) is 26.2 Å². The van der Waals surface area contributed by atoms with E-state index in [2.05, 4.69) is 10.0 Å². The SMILES string of the molecule is COCC[C@H](C)NC(=O)CCCNS(=O)(=O)c1ccc(F)cc1. The van der Waals surface area contributed by atoms with Gasteiger partial charge in [0.1, 0.15) is 5.82 Å². The molecular formula is C15H23FN2O4S. The summed E-state index contributed by atoms with van der Waals surface area (Å²) in [6, 6.07) is 4.58. The molecular weight excluding hydrogens is 323 g/mol. The maximum atomic E-state index is 12.8. The molecule has 0 unspecified atom stereocenters. The van der Waals surface area contributed by atoms with Crippen LogP contribution < -0.4 is 10.0 Å². The van der Waals surface area contributed by atoms with Gasteiger partial charge < -0.3 is 10.1 Å². The number of carbonyl (C=O) groups excluding carboxylic acids is 1. The number of amides is 1. The lowest BCUT2D eigenvalue weighted by Crippen LogP contribution is -2.34. The lowest BCUT2D eigenvalue weighted by Gasteiger charge is -2.13. The van der Waals surface area contributed by atoms with Crippen LogP contribution in [0.15, 0.2) is 29.2 Å². The lowest BCUT2D eigenvalue weighted by atomic mass is 10.2. The van der Waals surface area contributed by atoms with Gasteiger partial charge in [0.05, 0.1) is 4.90 Å². The van der Waals surface area contributed by atoms with E-state index in [0.29, 0.717) is 13.0 Å². The molecule has 23 heavy (non-hydrogen) atoms. The zero-order valence-corrected chi connectivity index (χ0v) is 14.2. The number of hydrogen-bond acceptors (Lipinski definition) is 4. The van der Waals surface area contributed by atoms with Gasteiger partial charge >= 0.3 is 0 Å².